The van der Waals surface area contributed by atoms with Crippen molar-refractivity contribution >= 4 is 28.4 Å². The Morgan fingerprint density at radius 3 is 1.64 bits per heavy atom. The molecule has 0 spiro atoms. The molecule has 0 bridgehead atoms. The summed E-state index contributed by atoms with van der Waals surface area (Å²) in [7, 11) is 0. The number of hydrogen-bond acceptors (Lipinski definition) is 0. The van der Waals surface area contributed by atoms with Gasteiger partial charge in [0.1, 0.15) is 0 Å². The van der Waals surface area contributed by atoms with Crippen LogP contribution in [0.25, 0.3) is 43.8 Å². The molecule has 0 unspecified atom stereocenters. The Morgan fingerprint density at radius 2 is 1.12 bits per heavy atom. The quantitative estimate of drug-likeness (QED) is 0.125. The molecule has 0 saturated heterocycles. The van der Waals surface area contributed by atoms with Crippen molar-refractivity contribution in [2.24, 2.45) is 0 Å². The minimum absolute atomic E-state index is 0. The number of fused-ring (bicyclic) bond motifs is 2. The SMILES string of the molecule is CC(C)(C)c1ccc(-c2cccc3[cH-]c(C4CCCCC4)cc23)cc1.Cc1cc2c(-c3ccc(C(C)(C)C)cc3)ccc(C)c2[cH-]1.[CH3-].[CH3-].[Si]=[Zr]. The molecule has 0 aromatic heterocycles. The first-order chi connectivity index (χ1) is 22.9. The van der Waals surface area contributed by atoms with E-state index in [9.17, 15) is 0 Å². The molecule has 0 nitrogen and oxygen atoms in total. The molecule has 0 N–H and O–H groups in total. The van der Waals surface area contributed by atoms with Gasteiger partial charge in [-0.25, -0.2) is 0 Å². The van der Waals surface area contributed by atoms with Crippen LogP contribution in [0.1, 0.15) is 107 Å². The zero-order valence-electron chi connectivity index (χ0n) is 32.4. The molecule has 1 fully saturated rings. The number of hydrogen-bond donors (Lipinski definition) is 0. The van der Waals surface area contributed by atoms with Gasteiger partial charge in [-0.15, -0.1) is 68.6 Å². The predicted octanol–water partition coefficient (Wildman–Crippen LogP) is 14.2. The fourth-order valence-electron chi connectivity index (χ4n) is 7.32. The zero-order valence-corrected chi connectivity index (χ0v) is 35.9. The molecule has 50 heavy (non-hydrogen) atoms. The Hall–Kier alpha value is -2.80. The molecule has 0 heterocycles. The van der Waals surface area contributed by atoms with Gasteiger partial charge in [0.2, 0.25) is 0 Å². The van der Waals surface area contributed by atoms with E-state index in [1.165, 1.54) is 121 Å². The number of benzene rings is 4. The van der Waals surface area contributed by atoms with Crippen LogP contribution in [0.2, 0.25) is 0 Å². The van der Waals surface area contributed by atoms with E-state index in [4.69, 9.17) is 0 Å². The first-order valence-corrected chi connectivity index (χ1v) is 21.9. The van der Waals surface area contributed by atoms with Crippen molar-refractivity contribution in [1.29, 1.82) is 0 Å². The molecule has 1 aliphatic carbocycles. The second-order valence-electron chi connectivity index (χ2n) is 15.9. The Labute approximate surface area is 322 Å². The van der Waals surface area contributed by atoms with Crippen LogP contribution in [0.5, 0.6) is 0 Å². The Morgan fingerprint density at radius 1 is 0.600 bits per heavy atom. The van der Waals surface area contributed by atoms with E-state index >= 15 is 0 Å². The minimum atomic E-state index is 0. The molecule has 6 aromatic rings. The van der Waals surface area contributed by atoms with Crippen LogP contribution in [0.3, 0.4) is 0 Å². The van der Waals surface area contributed by atoms with Gasteiger partial charge in [-0.2, -0.15) is 12.1 Å². The molecule has 0 amide bonds. The zero-order chi connectivity index (χ0) is 34.6. The molecule has 1 saturated carbocycles. The Kier molecular flexibility index (Phi) is 14.7. The van der Waals surface area contributed by atoms with Gasteiger partial charge in [0.05, 0.1) is 0 Å². The van der Waals surface area contributed by atoms with E-state index in [0.717, 1.165) is 5.92 Å². The van der Waals surface area contributed by atoms with Crippen molar-refractivity contribution in [2.45, 2.75) is 104 Å². The second kappa shape index (κ2) is 17.6. The molecule has 7 rings (SSSR count). The molecule has 2 radical (unpaired) electrons. The summed E-state index contributed by atoms with van der Waals surface area (Å²) < 4.78 is 0. The molecule has 2 heteroatoms. The average Bonchev–Trinajstić information content (AvgIpc) is 3.70. The standard InChI is InChI=1S/C25H29.C21H23.2CH3.Si.Zr/c1-25(2,3)22-14-12-19(13-15-22)23-11-7-10-20-16-21(17-24(20)23)18-8-5-4-6-9-18;1-14-12-19-15(2)6-11-18(20(19)13-14)16-7-9-17(10-8-16)21(3,4)5;;;;/h7,10-18H,4-6,8-9H2,1-3H3;6-13H,1-5H3;2*1H3;;/q4*-1;;. The summed E-state index contributed by atoms with van der Waals surface area (Å²) in [6.45, 7) is 21.0. The van der Waals surface area contributed by atoms with Gasteiger partial charge in [0.15, 0.2) is 0 Å². The van der Waals surface area contributed by atoms with Crippen LogP contribution < -0.4 is 0 Å². The Bertz CT molecular complexity index is 1950. The molecule has 6 aromatic carbocycles. The summed E-state index contributed by atoms with van der Waals surface area (Å²) in [5, 5.41) is 5.57. The van der Waals surface area contributed by atoms with Crippen molar-refractivity contribution in [3.63, 3.8) is 0 Å². The maximum atomic E-state index is 3.06. The van der Waals surface area contributed by atoms with Gasteiger partial charge in [-0.05, 0) is 51.8 Å². The molecular formula is C48H58SiZr-4. The third-order valence-electron chi connectivity index (χ3n) is 10.2. The molecule has 0 aliphatic heterocycles. The summed E-state index contributed by atoms with van der Waals surface area (Å²) in [6.07, 6.45) is 6.95. The van der Waals surface area contributed by atoms with Crippen molar-refractivity contribution in [3.8, 4) is 22.3 Å². The number of rotatable bonds is 3. The van der Waals surface area contributed by atoms with Crippen LogP contribution in [0.4, 0.5) is 0 Å². The summed E-state index contributed by atoms with van der Waals surface area (Å²) in [5.74, 6) is 0.775. The van der Waals surface area contributed by atoms with Crippen LogP contribution in [0.15, 0.2) is 103 Å². The molecule has 262 valence electrons. The first kappa shape index (κ1) is 41.6. The van der Waals surface area contributed by atoms with E-state index < -0.39 is 0 Å². The summed E-state index contributed by atoms with van der Waals surface area (Å²) in [6, 6.07) is 39.0. The topological polar surface area (TPSA) is 0 Å². The van der Waals surface area contributed by atoms with Crippen LogP contribution in [-0.2, 0) is 34.2 Å². The summed E-state index contributed by atoms with van der Waals surface area (Å²) in [4.78, 5) is 0. The second-order valence-corrected chi connectivity index (χ2v) is 15.9. The van der Waals surface area contributed by atoms with Crippen LogP contribution >= 0.6 is 0 Å². The molecular weight excluding hydrogens is 696 g/mol. The van der Waals surface area contributed by atoms with E-state index in [2.05, 4.69) is 165 Å². The van der Waals surface area contributed by atoms with Gasteiger partial charge in [0.25, 0.3) is 0 Å². The van der Waals surface area contributed by atoms with Gasteiger partial charge < -0.3 is 14.9 Å². The molecule has 0 atom stereocenters. The third kappa shape index (κ3) is 9.54. The summed E-state index contributed by atoms with van der Waals surface area (Å²) in [5.41, 5.74) is 12.8. The number of aryl methyl sites for hydroxylation is 2. The van der Waals surface area contributed by atoms with E-state index in [1.54, 1.807) is 5.56 Å². The monoisotopic (exact) mass is 752 g/mol. The fourth-order valence-corrected chi connectivity index (χ4v) is 7.32. The first-order valence-electron chi connectivity index (χ1n) is 17.7. The van der Waals surface area contributed by atoms with Crippen molar-refractivity contribution in [3.05, 3.63) is 146 Å². The fraction of sp³-hybridized carbons (Fsp3) is 0.333. The molecule has 1 aliphatic rings. The van der Waals surface area contributed by atoms with E-state index in [0.29, 0.717) is 0 Å². The van der Waals surface area contributed by atoms with E-state index in [-0.39, 0.29) is 25.7 Å². The van der Waals surface area contributed by atoms with Crippen LogP contribution in [0, 0.1) is 28.7 Å². The van der Waals surface area contributed by atoms with Crippen molar-refractivity contribution < 1.29 is 23.3 Å². The predicted molar refractivity (Wildman–Crippen MR) is 221 cm³/mol. The van der Waals surface area contributed by atoms with E-state index in [1.807, 2.05) is 0 Å². The Balaban J connectivity index is 0.000000251. The van der Waals surface area contributed by atoms with Gasteiger partial charge >= 0.3 is 30.2 Å². The van der Waals surface area contributed by atoms with Gasteiger partial charge in [0, 0.05) is 0 Å². The maximum absolute atomic E-state index is 3.06. The van der Waals surface area contributed by atoms with Gasteiger partial charge in [-0.1, -0.05) is 146 Å². The van der Waals surface area contributed by atoms with Crippen LogP contribution in [-0.4, -0.2) is 6.88 Å². The summed E-state index contributed by atoms with van der Waals surface area (Å²) >= 11 is 1.36. The average molecular weight is 754 g/mol. The van der Waals surface area contributed by atoms with Crippen molar-refractivity contribution in [1.82, 2.24) is 0 Å². The third-order valence-corrected chi connectivity index (χ3v) is 10.2. The van der Waals surface area contributed by atoms with Crippen molar-refractivity contribution in [2.75, 3.05) is 0 Å². The normalized spacial score (nSPS) is 13.3. The van der Waals surface area contributed by atoms with Gasteiger partial charge in [-0.3, -0.25) is 0 Å².